The van der Waals surface area contributed by atoms with Crippen LogP contribution in [0.5, 0.6) is 5.75 Å². The summed E-state index contributed by atoms with van der Waals surface area (Å²) < 4.78 is 9.94. The predicted molar refractivity (Wildman–Crippen MR) is 69.3 cm³/mol. The standard InChI is InChI=1S/C13H15NO5/c1-13(2,3)19-12(15)18-11-6-4-10(5-7-11)8-9-14(16)17/h4-9H,1-3H3/b9-8+. The first-order chi connectivity index (χ1) is 8.76. The average molecular weight is 265 g/mol. The largest absolute Gasteiger partial charge is 0.514 e. The van der Waals surface area contributed by atoms with Gasteiger partial charge in [0, 0.05) is 6.08 Å². The van der Waals surface area contributed by atoms with Crippen molar-refractivity contribution in [3.8, 4) is 5.75 Å². The van der Waals surface area contributed by atoms with Crippen molar-refractivity contribution in [2.24, 2.45) is 0 Å². The SMILES string of the molecule is CC(C)(C)OC(=O)Oc1ccc(/C=C/[N+](=O)[O-])cc1. The molecule has 102 valence electrons. The maximum absolute atomic E-state index is 11.4. The number of nitro groups is 1. The van der Waals surface area contributed by atoms with E-state index >= 15 is 0 Å². The summed E-state index contributed by atoms with van der Waals surface area (Å²) in [7, 11) is 0. The van der Waals surface area contributed by atoms with E-state index in [1.165, 1.54) is 18.2 Å². The third-order valence-electron chi connectivity index (χ3n) is 1.86. The summed E-state index contributed by atoms with van der Waals surface area (Å²) >= 11 is 0. The second-order valence-electron chi connectivity index (χ2n) is 4.74. The Kier molecular flexibility index (Phi) is 4.63. The van der Waals surface area contributed by atoms with Crippen molar-refractivity contribution in [3.05, 3.63) is 46.1 Å². The van der Waals surface area contributed by atoms with E-state index in [-0.39, 0.29) is 0 Å². The van der Waals surface area contributed by atoms with Crippen molar-refractivity contribution in [3.63, 3.8) is 0 Å². The van der Waals surface area contributed by atoms with E-state index in [0.29, 0.717) is 11.3 Å². The summed E-state index contributed by atoms with van der Waals surface area (Å²) in [6.07, 6.45) is 1.39. The van der Waals surface area contributed by atoms with Crippen LogP contribution in [0.1, 0.15) is 26.3 Å². The Hall–Kier alpha value is -2.37. The Bertz CT molecular complexity index is 485. The Morgan fingerprint density at radius 3 is 2.32 bits per heavy atom. The maximum atomic E-state index is 11.4. The molecular formula is C13H15NO5. The topological polar surface area (TPSA) is 78.7 Å². The van der Waals surface area contributed by atoms with Gasteiger partial charge in [0.1, 0.15) is 11.4 Å². The van der Waals surface area contributed by atoms with Crippen LogP contribution in [0.2, 0.25) is 0 Å². The van der Waals surface area contributed by atoms with Gasteiger partial charge in [0.05, 0.1) is 4.92 Å². The molecule has 0 aliphatic rings. The number of carbonyl (C=O) groups excluding carboxylic acids is 1. The molecule has 0 heterocycles. The first-order valence-electron chi connectivity index (χ1n) is 5.59. The summed E-state index contributed by atoms with van der Waals surface area (Å²) in [6.45, 7) is 5.21. The second kappa shape index (κ2) is 5.99. The van der Waals surface area contributed by atoms with Crippen LogP contribution < -0.4 is 4.74 Å². The molecule has 1 rings (SSSR count). The molecule has 0 atom stereocenters. The molecule has 0 saturated carbocycles. The number of hydrogen-bond acceptors (Lipinski definition) is 5. The summed E-state index contributed by atoms with van der Waals surface area (Å²) in [4.78, 5) is 21.0. The first-order valence-corrected chi connectivity index (χ1v) is 5.59. The molecule has 1 aromatic rings. The summed E-state index contributed by atoms with van der Waals surface area (Å²) in [5.41, 5.74) is 0.0131. The predicted octanol–water partition coefficient (Wildman–Crippen LogP) is 3.25. The number of hydrogen-bond donors (Lipinski definition) is 0. The number of carbonyl (C=O) groups is 1. The summed E-state index contributed by atoms with van der Waals surface area (Å²) in [5.74, 6) is 0.313. The van der Waals surface area contributed by atoms with Gasteiger partial charge in [0.15, 0.2) is 0 Å². The highest BCUT2D eigenvalue weighted by molar-refractivity contribution is 5.64. The Balaban J connectivity index is 2.62. The van der Waals surface area contributed by atoms with Crippen molar-refractivity contribution in [2.75, 3.05) is 0 Å². The van der Waals surface area contributed by atoms with Gasteiger partial charge >= 0.3 is 6.16 Å². The lowest BCUT2D eigenvalue weighted by Crippen LogP contribution is -2.25. The number of nitrogens with zero attached hydrogens (tertiary/aromatic N) is 1. The van der Waals surface area contributed by atoms with Crippen molar-refractivity contribution in [1.82, 2.24) is 0 Å². The van der Waals surface area contributed by atoms with E-state index in [0.717, 1.165) is 6.20 Å². The zero-order valence-electron chi connectivity index (χ0n) is 11.0. The number of benzene rings is 1. The smallest absolute Gasteiger partial charge is 0.428 e. The fourth-order valence-electron chi connectivity index (χ4n) is 1.16. The third-order valence-corrected chi connectivity index (χ3v) is 1.86. The lowest BCUT2D eigenvalue weighted by Gasteiger charge is -2.18. The molecule has 0 N–H and O–H groups in total. The maximum Gasteiger partial charge on any atom is 0.514 e. The van der Waals surface area contributed by atoms with Crippen LogP contribution >= 0.6 is 0 Å². The van der Waals surface area contributed by atoms with Crippen LogP contribution in [0.3, 0.4) is 0 Å². The van der Waals surface area contributed by atoms with E-state index in [4.69, 9.17) is 9.47 Å². The quantitative estimate of drug-likeness (QED) is 0.363. The van der Waals surface area contributed by atoms with E-state index < -0.39 is 16.7 Å². The highest BCUT2D eigenvalue weighted by Crippen LogP contribution is 2.16. The zero-order valence-corrected chi connectivity index (χ0v) is 11.0. The third kappa shape index (κ3) is 6.21. The second-order valence-corrected chi connectivity index (χ2v) is 4.74. The lowest BCUT2D eigenvalue weighted by atomic mass is 10.2. The van der Waals surface area contributed by atoms with Gasteiger partial charge in [-0.15, -0.1) is 0 Å². The molecule has 0 radical (unpaired) electrons. The molecule has 6 nitrogen and oxygen atoms in total. The van der Waals surface area contributed by atoms with Crippen molar-refractivity contribution < 1.29 is 19.2 Å². The molecule has 1 aromatic carbocycles. The van der Waals surface area contributed by atoms with Gasteiger partial charge in [-0.3, -0.25) is 10.1 Å². The Morgan fingerprint density at radius 2 is 1.84 bits per heavy atom. The van der Waals surface area contributed by atoms with Crippen LogP contribution in [0.25, 0.3) is 6.08 Å². The molecule has 0 saturated heterocycles. The lowest BCUT2D eigenvalue weighted by molar-refractivity contribution is -0.400. The van der Waals surface area contributed by atoms with Crippen LogP contribution in [-0.4, -0.2) is 16.7 Å². The minimum atomic E-state index is -0.791. The molecular weight excluding hydrogens is 250 g/mol. The Morgan fingerprint density at radius 1 is 1.26 bits per heavy atom. The van der Waals surface area contributed by atoms with Gasteiger partial charge in [-0.2, -0.15) is 0 Å². The van der Waals surface area contributed by atoms with Gasteiger partial charge in [0.25, 0.3) is 0 Å². The van der Waals surface area contributed by atoms with Crippen LogP contribution in [0.15, 0.2) is 30.5 Å². The van der Waals surface area contributed by atoms with Crippen LogP contribution in [0.4, 0.5) is 4.79 Å². The fourth-order valence-corrected chi connectivity index (χ4v) is 1.16. The molecule has 0 fully saturated rings. The first kappa shape index (κ1) is 14.7. The highest BCUT2D eigenvalue weighted by Gasteiger charge is 2.17. The summed E-state index contributed by atoms with van der Waals surface area (Å²) in [6, 6.07) is 6.26. The van der Waals surface area contributed by atoms with Crippen molar-refractivity contribution in [1.29, 1.82) is 0 Å². The minimum Gasteiger partial charge on any atom is -0.428 e. The average Bonchev–Trinajstić information content (AvgIpc) is 2.25. The molecule has 0 spiro atoms. The summed E-state index contributed by atoms with van der Waals surface area (Å²) in [5, 5.41) is 10.2. The van der Waals surface area contributed by atoms with Gasteiger partial charge < -0.3 is 9.47 Å². The van der Waals surface area contributed by atoms with Crippen molar-refractivity contribution >= 4 is 12.2 Å². The molecule has 0 amide bonds. The molecule has 0 aliphatic carbocycles. The number of rotatable bonds is 3. The van der Waals surface area contributed by atoms with E-state index in [1.807, 2.05) is 0 Å². The Labute approximate surface area is 110 Å². The van der Waals surface area contributed by atoms with E-state index in [2.05, 4.69) is 0 Å². The van der Waals surface area contributed by atoms with Gasteiger partial charge in [-0.1, -0.05) is 12.1 Å². The molecule has 0 aliphatic heterocycles. The minimum absolute atomic E-state index is 0.313. The van der Waals surface area contributed by atoms with Crippen molar-refractivity contribution in [2.45, 2.75) is 26.4 Å². The van der Waals surface area contributed by atoms with Crippen LogP contribution in [-0.2, 0) is 4.74 Å². The van der Waals surface area contributed by atoms with Gasteiger partial charge in [-0.05, 0) is 38.5 Å². The van der Waals surface area contributed by atoms with Gasteiger partial charge in [0.2, 0.25) is 6.20 Å². The molecule has 0 aromatic heterocycles. The fraction of sp³-hybridized carbons (Fsp3) is 0.308. The molecule has 0 bridgehead atoms. The van der Waals surface area contributed by atoms with E-state index in [9.17, 15) is 14.9 Å². The monoisotopic (exact) mass is 265 g/mol. The number of ether oxygens (including phenoxy) is 2. The van der Waals surface area contributed by atoms with E-state index in [1.54, 1.807) is 32.9 Å². The normalized spacial score (nSPS) is 11.3. The van der Waals surface area contributed by atoms with Gasteiger partial charge in [-0.25, -0.2) is 4.79 Å². The zero-order chi connectivity index (χ0) is 14.5. The molecule has 19 heavy (non-hydrogen) atoms. The molecule has 0 unspecified atom stereocenters. The van der Waals surface area contributed by atoms with Crippen LogP contribution in [0, 0.1) is 10.1 Å². The molecule has 6 heteroatoms. The highest BCUT2D eigenvalue weighted by atomic mass is 16.7.